The maximum Gasteiger partial charge on any atom is 0.193 e. The summed E-state index contributed by atoms with van der Waals surface area (Å²) in [5, 5.41) is 3.32. The van der Waals surface area contributed by atoms with Gasteiger partial charge in [0.15, 0.2) is 5.96 Å². The number of ether oxygens (including phenoxy) is 1. The highest BCUT2D eigenvalue weighted by Gasteiger charge is 2.21. The molecule has 1 heterocycles. The first kappa shape index (κ1) is 18.4. The number of rotatable bonds is 6. The number of nitrogens with zero attached hydrogens (tertiary/aromatic N) is 3. The van der Waals surface area contributed by atoms with Crippen LogP contribution in [0, 0.1) is 11.6 Å². The summed E-state index contributed by atoms with van der Waals surface area (Å²) in [5.41, 5.74) is 0.328. The maximum atomic E-state index is 13.9. The minimum atomic E-state index is -0.416. The second kappa shape index (κ2) is 9.42. The lowest BCUT2D eigenvalue weighted by Gasteiger charge is -2.37. The first-order valence-electron chi connectivity index (χ1n) is 8.39. The summed E-state index contributed by atoms with van der Waals surface area (Å²) in [5.74, 6) is 0.0368. The van der Waals surface area contributed by atoms with Crippen LogP contribution >= 0.6 is 0 Å². The lowest BCUT2D eigenvalue weighted by Crippen LogP contribution is -2.52. The Labute approximate surface area is 142 Å². The third-order valence-corrected chi connectivity index (χ3v) is 3.99. The van der Waals surface area contributed by atoms with Crippen LogP contribution in [0.3, 0.4) is 0 Å². The Morgan fingerprint density at radius 2 is 2.00 bits per heavy atom. The summed E-state index contributed by atoms with van der Waals surface area (Å²) in [4.78, 5) is 8.30. The zero-order valence-corrected chi connectivity index (χ0v) is 14.4. The fraction of sp³-hybridized carbons (Fsp3) is 0.588. The average molecular weight is 340 g/mol. The van der Waals surface area contributed by atoms with Crippen LogP contribution in [0.1, 0.15) is 13.3 Å². The number of hydrogen-bond donors (Lipinski definition) is 1. The predicted octanol–water partition coefficient (Wildman–Crippen LogP) is 2.09. The lowest BCUT2D eigenvalue weighted by molar-refractivity contribution is 0.145. The van der Waals surface area contributed by atoms with Crippen molar-refractivity contribution in [2.45, 2.75) is 13.3 Å². The molecular weight excluding hydrogens is 314 g/mol. The molecule has 0 radical (unpaired) electrons. The van der Waals surface area contributed by atoms with Gasteiger partial charge in [-0.15, -0.1) is 0 Å². The molecule has 1 fully saturated rings. The van der Waals surface area contributed by atoms with Gasteiger partial charge in [-0.2, -0.15) is 0 Å². The Morgan fingerprint density at radius 3 is 2.67 bits per heavy atom. The van der Waals surface area contributed by atoms with Crippen molar-refractivity contribution in [3.05, 3.63) is 29.8 Å². The number of halogens is 2. The number of nitrogens with one attached hydrogen (secondary N) is 1. The van der Waals surface area contributed by atoms with Gasteiger partial charge in [0.1, 0.15) is 11.6 Å². The van der Waals surface area contributed by atoms with Crippen LogP contribution in [0.25, 0.3) is 0 Å². The minimum absolute atomic E-state index is 0.328. The van der Waals surface area contributed by atoms with Gasteiger partial charge in [-0.25, -0.2) is 8.78 Å². The van der Waals surface area contributed by atoms with Gasteiger partial charge in [0.25, 0.3) is 0 Å². The SMILES string of the molecule is CCOCCCNC(=NC)N1CCN(c2cc(F)ccc2F)CC1. The number of anilines is 1. The molecule has 0 aliphatic carbocycles. The molecule has 0 aromatic heterocycles. The van der Waals surface area contributed by atoms with Crippen molar-refractivity contribution in [3.63, 3.8) is 0 Å². The lowest BCUT2D eigenvalue weighted by atomic mass is 10.2. The van der Waals surface area contributed by atoms with Gasteiger partial charge in [-0.1, -0.05) is 0 Å². The molecule has 1 aliphatic rings. The summed E-state index contributed by atoms with van der Waals surface area (Å²) in [7, 11) is 1.75. The van der Waals surface area contributed by atoms with Gasteiger partial charge in [0.05, 0.1) is 5.69 Å². The third-order valence-electron chi connectivity index (χ3n) is 3.99. The van der Waals surface area contributed by atoms with E-state index in [9.17, 15) is 8.78 Å². The molecule has 134 valence electrons. The molecule has 0 saturated carbocycles. The van der Waals surface area contributed by atoms with E-state index >= 15 is 0 Å². The van der Waals surface area contributed by atoms with Crippen LogP contribution in [0.5, 0.6) is 0 Å². The van der Waals surface area contributed by atoms with Crippen molar-refractivity contribution in [1.29, 1.82) is 0 Å². The standard InChI is InChI=1S/C17H26F2N4O/c1-3-24-12-4-7-21-17(20-2)23-10-8-22(9-11-23)16-13-14(18)5-6-15(16)19/h5-6,13H,3-4,7-12H2,1-2H3,(H,20,21). The van der Waals surface area contributed by atoms with Crippen LogP contribution in [0.2, 0.25) is 0 Å². The van der Waals surface area contributed by atoms with E-state index in [2.05, 4.69) is 15.2 Å². The van der Waals surface area contributed by atoms with E-state index in [0.29, 0.717) is 31.9 Å². The van der Waals surface area contributed by atoms with Crippen molar-refractivity contribution < 1.29 is 13.5 Å². The van der Waals surface area contributed by atoms with Crippen molar-refractivity contribution >= 4 is 11.6 Å². The van der Waals surface area contributed by atoms with Crippen LogP contribution in [0.4, 0.5) is 14.5 Å². The minimum Gasteiger partial charge on any atom is -0.382 e. The average Bonchev–Trinajstić information content (AvgIpc) is 2.60. The Bertz CT molecular complexity index is 545. The normalized spacial score (nSPS) is 15.8. The zero-order chi connectivity index (χ0) is 17.4. The zero-order valence-electron chi connectivity index (χ0n) is 14.4. The van der Waals surface area contributed by atoms with E-state index in [1.807, 2.05) is 11.8 Å². The molecule has 1 aliphatic heterocycles. The number of aliphatic imine (C=N–C) groups is 1. The van der Waals surface area contributed by atoms with Gasteiger partial charge in [0.2, 0.25) is 0 Å². The van der Waals surface area contributed by atoms with Gasteiger partial charge in [-0.05, 0) is 25.5 Å². The van der Waals surface area contributed by atoms with Crippen LogP contribution in [0.15, 0.2) is 23.2 Å². The first-order valence-corrected chi connectivity index (χ1v) is 8.39. The summed E-state index contributed by atoms with van der Waals surface area (Å²) in [6.45, 7) is 6.90. The second-order valence-electron chi connectivity index (χ2n) is 5.59. The highest BCUT2D eigenvalue weighted by Crippen LogP contribution is 2.21. The van der Waals surface area contributed by atoms with E-state index < -0.39 is 5.82 Å². The molecule has 2 rings (SSSR count). The van der Waals surface area contributed by atoms with Crippen molar-refractivity contribution in [2.75, 3.05) is 57.9 Å². The molecule has 0 amide bonds. The van der Waals surface area contributed by atoms with Gasteiger partial charge >= 0.3 is 0 Å². The van der Waals surface area contributed by atoms with Gasteiger partial charge < -0.3 is 19.9 Å². The highest BCUT2D eigenvalue weighted by molar-refractivity contribution is 5.80. The Hall–Kier alpha value is -1.89. The van der Waals surface area contributed by atoms with E-state index in [-0.39, 0.29) is 5.82 Å². The van der Waals surface area contributed by atoms with Crippen molar-refractivity contribution in [2.24, 2.45) is 4.99 Å². The third kappa shape index (κ3) is 5.06. The summed E-state index contributed by atoms with van der Waals surface area (Å²) >= 11 is 0. The summed E-state index contributed by atoms with van der Waals surface area (Å²) < 4.78 is 32.5. The van der Waals surface area contributed by atoms with Crippen LogP contribution in [-0.4, -0.2) is 63.8 Å². The first-order chi connectivity index (χ1) is 11.7. The van der Waals surface area contributed by atoms with E-state index in [4.69, 9.17) is 4.74 Å². The topological polar surface area (TPSA) is 40.1 Å². The molecule has 0 unspecified atom stereocenters. The molecule has 1 saturated heterocycles. The number of benzene rings is 1. The van der Waals surface area contributed by atoms with Gasteiger partial charge in [-0.3, -0.25) is 4.99 Å². The van der Waals surface area contributed by atoms with Gasteiger partial charge in [0, 0.05) is 59.1 Å². The van der Waals surface area contributed by atoms with Crippen LogP contribution < -0.4 is 10.2 Å². The highest BCUT2D eigenvalue weighted by atomic mass is 19.1. The molecular formula is C17H26F2N4O. The fourth-order valence-electron chi connectivity index (χ4n) is 2.74. The molecule has 0 bridgehead atoms. The summed E-state index contributed by atoms with van der Waals surface area (Å²) in [6.07, 6.45) is 0.918. The number of guanidine groups is 1. The summed E-state index contributed by atoms with van der Waals surface area (Å²) in [6, 6.07) is 3.57. The predicted molar refractivity (Wildman–Crippen MR) is 92.6 cm³/mol. The molecule has 5 nitrogen and oxygen atoms in total. The largest absolute Gasteiger partial charge is 0.382 e. The Balaban J connectivity index is 1.83. The molecule has 0 atom stereocenters. The number of piperazine rings is 1. The molecule has 7 heteroatoms. The molecule has 24 heavy (non-hydrogen) atoms. The fourth-order valence-corrected chi connectivity index (χ4v) is 2.74. The smallest absolute Gasteiger partial charge is 0.193 e. The van der Waals surface area contributed by atoms with Crippen LogP contribution in [-0.2, 0) is 4.74 Å². The monoisotopic (exact) mass is 340 g/mol. The Morgan fingerprint density at radius 1 is 1.25 bits per heavy atom. The van der Waals surface area contributed by atoms with E-state index in [0.717, 1.165) is 38.2 Å². The molecule has 1 aromatic rings. The molecule has 0 spiro atoms. The number of hydrogen-bond acceptors (Lipinski definition) is 3. The second-order valence-corrected chi connectivity index (χ2v) is 5.59. The van der Waals surface area contributed by atoms with E-state index in [1.165, 1.54) is 12.1 Å². The maximum absolute atomic E-state index is 13.9. The van der Waals surface area contributed by atoms with Crippen molar-refractivity contribution in [3.8, 4) is 0 Å². The molecule has 1 N–H and O–H groups in total. The quantitative estimate of drug-likeness (QED) is 0.489. The van der Waals surface area contributed by atoms with Crippen molar-refractivity contribution in [1.82, 2.24) is 10.2 Å². The Kier molecular flexibility index (Phi) is 7.24. The molecule has 1 aromatic carbocycles. The van der Waals surface area contributed by atoms with E-state index in [1.54, 1.807) is 7.05 Å².